The monoisotopic (exact) mass is 242 g/mol. The highest BCUT2D eigenvalue weighted by molar-refractivity contribution is 5.93. The summed E-state index contributed by atoms with van der Waals surface area (Å²) in [6.07, 6.45) is 0.867. The van der Waals surface area contributed by atoms with E-state index in [0.717, 1.165) is 12.1 Å². The fourth-order valence-corrected chi connectivity index (χ4v) is 2.48. The number of allylic oxidation sites excluding steroid dienone is 1. The number of anilines is 1. The molecule has 2 rings (SSSR count). The van der Waals surface area contributed by atoms with Crippen molar-refractivity contribution in [3.8, 4) is 6.07 Å². The van der Waals surface area contributed by atoms with Crippen molar-refractivity contribution in [3.63, 3.8) is 0 Å². The zero-order valence-corrected chi connectivity index (χ0v) is 10.3. The molecule has 1 aromatic rings. The second-order valence-corrected chi connectivity index (χ2v) is 4.43. The van der Waals surface area contributed by atoms with E-state index < -0.39 is 5.97 Å². The molecule has 0 amide bonds. The number of fused-ring (bicyclic) bond motifs is 1. The quantitative estimate of drug-likeness (QED) is 0.638. The van der Waals surface area contributed by atoms with Gasteiger partial charge in [-0.1, -0.05) is 18.2 Å². The standard InChI is InChI=1S/C14H14N2O2/c1-9-7-11-5-3-4-6-13(11)16(9)10(2)12(8-15)14(17)18/h3-6,9H,7H2,1-2H3,(H,17,18)/b12-10-. The average molecular weight is 242 g/mol. The second-order valence-electron chi connectivity index (χ2n) is 4.43. The molecule has 0 aliphatic carbocycles. The van der Waals surface area contributed by atoms with Crippen molar-refractivity contribution in [2.24, 2.45) is 0 Å². The summed E-state index contributed by atoms with van der Waals surface area (Å²) in [6.45, 7) is 3.71. The number of rotatable bonds is 2. The first-order valence-corrected chi connectivity index (χ1v) is 5.77. The predicted octanol–water partition coefficient (Wildman–Crippen LogP) is 2.32. The van der Waals surface area contributed by atoms with Crippen molar-refractivity contribution >= 4 is 11.7 Å². The molecule has 0 saturated carbocycles. The third-order valence-electron chi connectivity index (χ3n) is 3.26. The highest BCUT2D eigenvalue weighted by atomic mass is 16.4. The van der Waals surface area contributed by atoms with Gasteiger partial charge < -0.3 is 10.0 Å². The lowest BCUT2D eigenvalue weighted by Gasteiger charge is -2.26. The van der Waals surface area contributed by atoms with Crippen molar-refractivity contribution in [1.29, 1.82) is 5.26 Å². The Morgan fingerprint density at radius 1 is 1.50 bits per heavy atom. The largest absolute Gasteiger partial charge is 0.477 e. The second kappa shape index (κ2) is 4.53. The van der Waals surface area contributed by atoms with Gasteiger partial charge in [0.2, 0.25) is 0 Å². The van der Waals surface area contributed by atoms with E-state index in [-0.39, 0.29) is 11.6 Å². The van der Waals surface area contributed by atoms with Crippen LogP contribution in [0.3, 0.4) is 0 Å². The van der Waals surface area contributed by atoms with Crippen LogP contribution in [0.1, 0.15) is 19.4 Å². The Balaban J connectivity index is 2.53. The van der Waals surface area contributed by atoms with Gasteiger partial charge in [0.15, 0.2) is 5.57 Å². The summed E-state index contributed by atoms with van der Waals surface area (Å²) in [5.74, 6) is -1.17. The van der Waals surface area contributed by atoms with Gasteiger partial charge in [0.1, 0.15) is 6.07 Å². The lowest BCUT2D eigenvalue weighted by molar-refractivity contribution is -0.132. The topological polar surface area (TPSA) is 64.3 Å². The van der Waals surface area contributed by atoms with E-state index in [1.807, 2.05) is 36.1 Å². The molecule has 0 bridgehead atoms. The van der Waals surface area contributed by atoms with E-state index in [1.54, 1.807) is 13.0 Å². The molecule has 1 N–H and O–H groups in total. The molecule has 1 aliphatic rings. The highest BCUT2D eigenvalue weighted by Crippen LogP contribution is 2.35. The summed E-state index contributed by atoms with van der Waals surface area (Å²) >= 11 is 0. The van der Waals surface area contributed by atoms with Gasteiger partial charge in [0.05, 0.1) is 0 Å². The van der Waals surface area contributed by atoms with Crippen LogP contribution in [-0.4, -0.2) is 17.1 Å². The summed E-state index contributed by atoms with van der Waals surface area (Å²) in [7, 11) is 0. The lowest BCUT2D eigenvalue weighted by Crippen LogP contribution is -2.29. The number of nitrogens with zero attached hydrogens (tertiary/aromatic N) is 2. The molecular weight excluding hydrogens is 228 g/mol. The Kier molecular flexibility index (Phi) is 3.07. The Labute approximate surface area is 106 Å². The number of aliphatic carboxylic acids is 1. The summed E-state index contributed by atoms with van der Waals surface area (Å²) in [6, 6.07) is 9.82. The van der Waals surface area contributed by atoms with Gasteiger partial charge >= 0.3 is 5.97 Å². The molecule has 4 heteroatoms. The van der Waals surface area contributed by atoms with Crippen LogP contribution in [0.2, 0.25) is 0 Å². The number of hydrogen-bond donors (Lipinski definition) is 1. The maximum absolute atomic E-state index is 11.0. The molecule has 1 heterocycles. The Hall–Kier alpha value is -2.28. The van der Waals surface area contributed by atoms with Gasteiger partial charge in [0.25, 0.3) is 0 Å². The molecule has 0 spiro atoms. The van der Waals surface area contributed by atoms with Gasteiger partial charge in [-0.25, -0.2) is 4.79 Å². The minimum Gasteiger partial charge on any atom is -0.477 e. The number of nitriles is 1. The predicted molar refractivity (Wildman–Crippen MR) is 68.0 cm³/mol. The van der Waals surface area contributed by atoms with Crippen LogP contribution in [0.5, 0.6) is 0 Å². The van der Waals surface area contributed by atoms with Crippen molar-refractivity contribution in [3.05, 3.63) is 41.1 Å². The average Bonchev–Trinajstić information content (AvgIpc) is 2.64. The zero-order chi connectivity index (χ0) is 13.3. The molecule has 1 aliphatic heterocycles. The smallest absolute Gasteiger partial charge is 0.348 e. The van der Waals surface area contributed by atoms with E-state index in [2.05, 4.69) is 0 Å². The van der Waals surface area contributed by atoms with Gasteiger partial charge in [0, 0.05) is 17.4 Å². The van der Waals surface area contributed by atoms with Crippen LogP contribution in [0.15, 0.2) is 35.5 Å². The molecule has 1 unspecified atom stereocenters. The van der Waals surface area contributed by atoms with E-state index in [9.17, 15) is 4.79 Å². The molecule has 0 fully saturated rings. The first-order chi connectivity index (χ1) is 8.56. The fourth-order valence-electron chi connectivity index (χ4n) is 2.48. The molecule has 1 atom stereocenters. The van der Waals surface area contributed by atoms with E-state index >= 15 is 0 Å². The van der Waals surface area contributed by atoms with Gasteiger partial charge in [-0.2, -0.15) is 5.26 Å². The normalized spacial score (nSPS) is 18.9. The summed E-state index contributed by atoms with van der Waals surface area (Å²) in [5.41, 5.74) is 2.49. The SMILES string of the molecule is C/C(=C(\C#N)C(=O)O)N1c2ccccc2CC1C. The third-order valence-corrected chi connectivity index (χ3v) is 3.26. The molecule has 18 heavy (non-hydrogen) atoms. The Morgan fingerprint density at radius 3 is 2.78 bits per heavy atom. The Bertz CT molecular complexity index is 569. The van der Waals surface area contributed by atoms with Crippen molar-refractivity contribution in [1.82, 2.24) is 0 Å². The van der Waals surface area contributed by atoms with E-state index in [1.165, 1.54) is 5.56 Å². The molecule has 0 radical (unpaired) electrons. The maximum atomic E-state index is 11.0. The van der Waals surface area contributed by atoms with Gasteiger partial charge in [-0.05, 0) is 31.9 Å². The number of benzene rings is 1. The minimum atomic E-state index is -1.17. The lowest BCUT2D eigenvalue weighted by atomic mass is 10.1. The van der Waals surface area contributed by atoms with Crippen LogP contribution in [0.25, 0.3) is 0 Å². The highest BCUT2D eigenvalue weighted by Gasteiger charge is 2.29. The maximum Gasteiger partial charge on any atom is 0.348 e. The van der Waals surface area contributed by atoms with Crippen molar-refractivity contribution in [2.45, 2.75) is 26.3 Å². The van der Waals surface area contributed by atoms with Crippen LogP contribution < -0.4 is 4.90 Å². The number of carboxylic acid groups (broad SMARTS) is 1. The van der Waals surface area contributed by atoms with E-state index in [4.69, 9.17) is 10.4 Å². The Morgan fingerprint density at radius 2 is 2.17 bits per heavy atom. The van der Waals surface area contributed by atoms with Crippen LogP contribution in [0, 0.1) is 11.3 Å². The first kappa shape index (κ1) is 12.2. The van der Waals surface area contributed by atoms with E-state index in [0.29, 0.717) is 5.70 Å². The third kappa shape index (κ3) is 1.84. The van der Waals surface area contributed by atoms with Crippen LogP contribution in [-0.2, 0) is 11.2 Å². The van der Waals surface area contributed by atoms with Crippen LogP contribution in [0.4, 0.5) is 5.69 Å². The number of carboxylic acids is 1. The van der Waals surface area contributed by atoms with Gasteiger partial charge in [-0.15, -0.1) is 0 Å². The number of hydrogen-bond acceptors (Lipinski definition) is 3. The molecular formula is C14H14N2O2. The molecule has 4 nitrogen and oxygen atoms in total. The molecule has 0 saturated heterocycles. The minimum absolute atomic E-state index is 0.171. The van der Waals surface area contributed by atoms with Crippen molar-refractivity contribution in [2.75, 3.05) is 4.90 Å². The molecule has 1 aromatic carbocycles. The number of carbonyl (C=O) groups is 1. The zero-order valence-electron chi connectivity index (χ0n) is 10.3. The molecule has 0 aromatic heterocycles. The molecule has 92 valence electrons. The summed E-state index contributed by atoms with van der Waals surface area (Å²) in [5, 5.41) is 18.0. The summed E-state index contributed by atoms with van der Waals surface area (Å²) < 4.78 is 0. The first-order valence-electron chi connectivity index (χ1n) is 5.77. The fraction of sp³-hybridized carbons (Fsp3) is 0.286. The van der Waals surface area contributed by atoms with Crippen LogP contribution >= 0.6 is 0 Å². The van der Waals surface area contributed by atoms with Crippen molar-refractivity contribution < 1.29 is 9.90 Å². The summed E-state index contributed by atoms with van der Waals surface area (Å²) in [4.78, 5) is 13.0. The van der Waals surface area contributed by atoms with Gasteiger partial charge in [-0.3, -0.25) is 0 Å². The number of para-hydroxylation sites is 1.